The van der Waals surface area contributed by atoms with Gasteiger partial charge in [-0.1, -0.05) is 0 Å². The van der Waals surface area contributed by atoms with Gasteiger partial charge in [0.25, 0.3) is 0 Å². The van der Waals surface area contributed by atoms with E-state index in [1.807, 2.05) is 20.8 Å². The van der Waals surface area contributed by atoms with Crippen LogP contribution in [0.1, 0.15) is 20.8 Å². The number of ether oxygens (including phenoxy) is 1. The fourth-order valence-corrected chi connectivity index (χ4v) is 2.08. The van der Waals surface area contributed by atoms with Crippen LogP contribution in [0.25, 0.3) is 10.9 Å². The molecule has 6 heteroatoms. The maximum atomic E-state index is 12.0. The number of carbonyl (C=O) groups is 1. The zero-order chi connectivity index (χ0) is 13.5. The molecule has 0 unspecified atom stereocenters. The van der Waals surface area contributed by atoms with Crippen LogP contribution in [0.2, 0.25) is 0 Å². The Bertz CT molecular complexity index is 614. The van der Waals surface area contributed by atoms with E-state index in [0.29, 0.717) is 11.3 Å². The van der Waals surface area contributed by atoms with Gasteiger partial charge in [-0.05, 0) is 42.8 Å². The van der Waals surface area contributed by atoms with E-state index in [4.69, 9.17) is 10.5 Å². The maximum absolute atomic E-state index is 12.0. The van der Waals surface area contributed by atoms with Crippen molar-refractivity contribution in [2.24, 2.45) is 0 Å². The van der Waals surface area contributed by atoms with Crippen molar-refractivity contribution in [2.45, 2.75) is 26.4 Å². The van der Waals surface area contributed by atoms with Gasteiger partial charge in [-0.25, -0.2) is 14.3 Å². The number of fused-ring (bicyclic) bond motifs is 1. The van der Waals surface area contributed by atoms with Gasteiger partial charge < -0.3 is 10.5 Å². The Balaban J connectivity index is 2.49. The predicted octanol–water partition coefficient (Wildman–Crippen LogP) is 3.16. The molecule has 0 fully saturated rings. The van der Waals surface area contributed by atoms with E-state index < -0.39 is 11.7 Å². The number of nitrogen functional groups attached to an aromatic ring is 1. The molecule has 0 saturated carbocycles. The van der Waals surface area contributed by atoms with E-state index >= 15 is 0 Å². The Kier molecular flexibility index (Phi) is 3.06. The van der Waals surface area contributed by atoms with Gasteiger partial charge in [-0.2, -0.15) is 0 Å². The zero-order valence-corrected chi connectivity index (χ0v) is 12.0. The first-order valence-corrected chi connectivity index (χ1v) is 6.22. The quantitative estimate of drug-likeness (QED) is 0.811. The number of carbonyl (C=O) groups excluding carboxylic acids is 1. The van der Waals surface area contributed by atoms with Crippen molar-refractivity contribution in [1.29, 1.82) is 0 Å². The van der Waals surface area contributed by atoms with Crippen LogP contribution in [-0.4, -0.2) is 21.2 Å². The van der Waals surface area contributed by atoms with Gasteiger partial charge in [0.05, 0.1) is 11.7 Å². The minimum Gasteiger partial charge on any atom is -0.443 e. The molecule has 2 N–H and O–H groups in total. The number of anilines is 1. The molecule has 0 atom stereocenters. The Morgan fingerprint density at radius 3 is 2.78 bits per heavy atom. The van der Waals surface area contributed by atoms with Crippen LogP contribution in [0.15, 0.2) is 22.9 Å². The molecule has 2 heterocycles. The first-order chi connectivity index (χ1) is 8.28. The van der Waals surface area contributed by atoms with Gasteiger partial charge in [0.2, 0.25) is 0 Å². The number of nitrogens with two attached hydrogens (primary N) is 1. The highest BCUT2D eigenvalue weighted by Gasteiger charge is 2.20. The largest absolute Gasteiger partial charge is 0.443 e. The summed E-state index contributed by atoms with van der Waals surface area (Å²) < 4.78 is 7.51. The number of hydrogen-bond donors (Lipinski definition) is 1. The van der Waals surface area contributed by atoms with E-state index in [-0.39, 0.29) is 0 Å². The Labute approximate surface area is 113 Å². The minimum atomic E-state index is -0.540. The van der Waals surface area contributed by atoms with Crippen LogP contribution in [0, 0.1) is 0 Å². The number of pyridine rings is 1. The van der Waals surface area contributed by atoms with Crippen LogP contribution in [0.3, 0.4) is 0 Å². The van der Waals surface area contributed by atoms with E-state index in [0.717, 1.165) is 9.86 Å². The Hall–Kier alpha value is -1.56. The highest BCUT2D eigenvalue weighted by atomic mass is 79.9. The van der Waals surface area contributed by atoms with E-state index in [1.165, 1.54) is 4.57 Å². The SMILES string of the molecule is CC(C)(C)OC(=O)n1cc(Br)c2cc(N)ncc21. The molecule has 96 valence electrons. The summed E-state index contributed by atoms with van der Waals surface area (Å²) in [5, 5.41) is 0.827. The van der Waals surface area contributed by atoms with Crippen molar-refractivity contribution >= 4 is 38.7 Å². The summed E-state index contributed by atoms with van der Waals surface area (Å²) in [5.41, 5.74) is 5.74. The molecule has 0 aliphatic heterocycles. The van der Waals surface area contributed by atoms with Gasteiger partial charge >= 0.3 is 6.09 Å². The van der Waals surface area contributed by atoms with Crippen LogP contribution in [0.4, 0.5) is 10.6 Å². The van der Waals surface area contributed by atoms with Crippen molar-refractivity contribution in [2.75, 3.05) is 5.73 Å². The zero-order valence-electron chi connectivity index (χ0n) is 10.4. The maximum Gasteiger partial charge on any atom is 0.419 e. The number of rotatable bonds is 0. The molecule has 0 aliphatic rings. The van der Waals surface area contributed by atoms with Gasteiger partial charge in [0.1, 0.15) is 11.4 Å². The number of halogens is 1. The molecule has 0 aliphatic carbocycles. The van der Waals surface area contributed by atoms with Crippen molar-refractivity contribution in [3.63, 3.8) is 0 Å². The molecule has 2 aromatic rings. The first-order valence-electron chi connectivity index (χ1n) is 5.43. The van der Waals surface area contributed by atoms with Gasteiger partial charge in [0, 0.05) is 16.1 Å². The van der Waals surface area contributed by atoms with E-state index in [9.17, 15) is 4.79 Å². The summed E-state index contributed by atoms with van der Waals surface area (Å²) >= 11 is 3.39. The predicted molar refractivity (Wildman–Crippen MR) is 73.5 cm³/mol. The lowest BCUT2D eigenvalue weighted by Gasteiger charge is -2.19. The summed E-state index contributed by atoms with van der Waals surface area (Å²) in [5.74, 6) is 0.408. The molecular formula is C12H14BrN3O2. The topological polar surface area (TPSA) is 70.1 Å². The lowest BCUT2D eigenvalue weighted by atomic mass is 10.2. The van der Waals surface area contributed by atoms with Crippen LogP contribution < -0.4 is 5.73 Å². The van der Waals surface area contributed by atoms with E-state index in [1.54, 1.807) is 18.5 Å². The van der Waals surface area contributed by atoms with Crippen LogP contribution in [0.5, 0.6) is 0 Å². The Morgan fingerprint density at radius 1 is 1.50 bits per heavy atom. The Morgan fingerprint density at radius 2 is 2.17 bits per heavy atom. The molecule has 5 nitrogen and oxygen atoms in total. The lowest BCUT2D eigenvalue weighted by Crippen LogP contribution is -2.26. The third-order valence-corrected chi connectivity index (χ3v) is 2.89. The lowest BCUT2D eigenvalue weighted by molar-refractivity contribution is 0.0544. The highest BCUT2D eigenvalue weighted by molar-refractivity contribution is 9.10. The van der Waals surface area contributed by atoms with Gasteiger partial charge in [-0.15, -0.1) is 0 Å². The number of hydrogen-bond acceptors (Lipinski definition) is 4. The minimum absolute atomic E-state index is 0.408. The van der Waals surface area contributed by atoms with Gasteiger partial charge in [-0.3, -0.25) is 0 Å². The molecule has 0 bridgehead atoms. The number of nitrogens with zero attached hydrogens (tertiary/aromatic N) is 2. The molecular weight excluding hydrogens is 298 g/mol. The molecule has 2 rings (SSSR count). The second-order valence-corrected chi connectivity index (χ2v) is 5.81. The molecule has 0 radical (unpaired) electrons. The van der Waals surface area contributed by atoms with Crippen molar-refractivity contribution in [3.8, 4) is 0 Å². The van der Waals surface area contributed by atoms with Crippen molar-refractivity contribution in [3.05, 3.63) is 22.9 Å². The second kappa shape index (κ2) is 4.28. The smallest absolute Gasteiger partial charge is 0.419 e. The molecule has 2 aromatic heterocycles. The number of aromatic nitrogens is 2. The first kappa shape index (κ1) is 12.9. The monoisotopic (exact) mass is 311 g/mol. The summed E-state index contributed by atoms with van der Waals surface area (Å²) in [6, 6.07) is 1.71. The molecule has 0 aromatic carbocycles. The summed E-state index contributed by atoms with van der Waals surface area (Å²) in [4.78, 5) is 16.0. The molecule has 0 saturated heterocycles. The fourth-order valence-electron chi connectivity index (χ4n) is 1.56. The molecule has 18 heavy (non-hydrogen) atoms. The fraction of sp³-hybridized carbons (Fsp3) is 0.333. The average molecular weight is 312 g/mol. The summed E-state index contributed by atoms with van der Waals surface area (Å²) in [7, 11) is 0. The van der Waals surface area contributed by atoms with Crippen LogP contribution >= 0.6 is 15.9 Å². The average Bonchev–Trinajstić information content (AvgIpc) is 2.54. The van der Waals surface area contributed by atoms with Gasteiger partial charge in [0.15, 0.2) is 0 Å². The standard InChI is InChI=1S/C12H14BrN3O2/c1-12(2,3)18-11(17)16-6-8(13)7-4-10(14)15-5-9(7)16/h4-6H,1-3H3,(H2,14,15). The second-order valence-electron chi connectivity index (χ2n) is 4.95. The van der Waals surface area contributed by atoms with Crippen molar-refractivity contribution < 1.29 is 9.53 Å². The third-order valence-electron chi connectivity index (χ3n) is 2.25. The molecule has 0 amide bonds. The molecule has 0 spiro atoms. The van der Waals surface area contributed by atoms with E-state index in [2.05, 4.69) is 20.9 Å². The third kappa shape index (κ3) is 2.48. The van der Waals surface area contributed by atoms with Crippen LogP contribution in [-0.2, 0) is 4.74 Å². The highest BCUT2D eigenvalue weighted by Crippen LogP contribution is 2.27. The summed E-state index contributed by atoms with van der Waals surface area (Å²) in [6.07, 6.45) is 2.77. The van der Waals surface area contributed by atoms with Crippen molar-refractivity contribution in [1.82, 2.24) is 9.55 Å². The summed E-state index contributed by atoms with van der Waals surface area (Å²) in [6.45, 7) is 5.46. The normalized spacial score (nSPS) is 11.8.